The molecule has 2 heterocycles. The zero-order valence-corrected chi connectivity index (χ0v) is 13.4. The van der Waals surface area contributed by atoms with Crippen molar-refractivity contribution in [2.45, 2.75) is 44.3 Å². The van der Waals surface area contributed by atoms with Crippen LogP contribution in [-0.2, 0) is 5.41 Å². The van der Waals surface area contributed by atoms with Gasteiger partial charge in [-0.15, -0.1) is 0 Å². The van der Waals surface area contributed by atoms with Crippen molar-refractivity contribution >= 4 is 39.3 Å². The van der Waals surface area contributed by atoms with Crippen LogP contribution in [0.1, 0.15) is 50.4 Å². The van der Waals surface area contributed by atoms with Gasteiger partial charge in [-0.05, 0) is 34.5 Å². The Morgan fingerprint density at radius 1 is 1.35 bits per heavy atom. The van der Waals surface area contributed by atoms with Crippen LogP contribution in [0.15, 0.2) is 4.47 Å². The van der Waals surface area contributed by atoms with Gasteiger partial charge in [0.1, 0.15) is 11.0 Å². The maximum Gasteiger partial charge on any atom is 0.147 e. The van der Waals surface area contributed by atoms with Crippen LogP contribution in [0, 0.1) is 0 Å². The molecule has 0 radical (unpaired) electrons. The van der Waals surface area contributed by atoms with E-state index in [0.717, 1.165) is 22.4 Å². The molecule has 0 saturated carbocycles. The van der Waals surface area contributed by atoms with Crippen molar-refractivity contribution in [2.24, 2.45) is 0 Å². The third kappa shape index (κ3) is 2.96. The number of aromatic nitrogens is 2. The van der Waals surface area contributed by atoms with E-state index in [9.17, 15) is 0 Å². The van der Waals surface area contributed by atoms with E-state index in [1.807, 2.05) is 11.8 Å². The highest BCUT2D eigenvalue weighted by atomic mass is 79.9. The predicted octanol–water partition coefficient (Wildman–Crippen LogP) is 4.76. The molecular formula is C12H16BrClN2S. The maximum atomic E-state index is 6.20. The highest BCUT2D eigenvalue weighted by Gasteiger charge is 2.27. The lowest BCUT2D eigenvalue weighted by atomic mass is 9.92. The first-order chi connectivity index (χ1) is 7.89. The molecule has 1 fully saturated rings. The Kier molecular flexibility index (Phi) is 4.06. The quantitative estimate of drug-likeness (QED) is 0.692. The van der Waals surface area contributed by atoms with Crippen LogP contribution in [0.4, 0.5) is 0 Å². The van der Waals surface area contributed by atoms with Crippen LogP contribution < -0.4 is 0 Å². The standard InChI is InChI=1S/C12H16BrClN2S/c1-12(2,3)9-8(13)10(14)16-11(15-9)7-5-4-6-17-7/h7H,4-6H2,1-3H3. The van der Waals surface area contributed by atoms with Crippen LogP contribution in [0.3, 0.4) is 0 Å². The zero-order chi connectivity index (χ0) is 12.6. The Labute approximate surface area is 120 Å². The number of halogens is 2. The summed E-state index contributed by atoms with van der Waals surface area (Å²) in [6.45, 7) is 6.42. The normalized spacial score (nSPS) is 20.9. The van der Waals surface area contributed by atoms with Gasteiger partial charge in [0.2, 0.25) is 0 Å². The second-order valence-electron chi connectivity index (χ2n) is 5.29. The number of nitrogens with zero attached hydrogens (tertiary/aromatic N) is 2. The molecule has 2 nitrogen and oxygen atoms in total. The van der Waals surface area contributed by atoms with E-state index in [4.69, 9.17) is 16.6 Å². The van der Waals surface area contributed by atoms with E-state index in [0.29, 0.717) is 10.4 Å². The molecule has 0 bridgehead atoms. The molecule has 94 valence electrons. The first-order valence-corrected chi connectivity index (χ1v) is 7.96. The van der Waals surface area contributed by atoms with E-state index in [-0.39, 0.29) is 5.41 Å². The molecule has 1 unspecified atom stereocenters. The molecule has 2 rings (SSSR count). The summed E-state index contributed by atoms with van der Waals surface area (Å²) in [5.74, 6) is 2.10. The molecule has 1 aromatic rings. The largest absolute Gasteiger partial charge is 0.235 e. The fourth-order valence-electron chi connectivity index (χ4n) is 1.86. The Morgan fingerprint density at radius 3 is 2.59 bits per heavy atom. The highest BCUT2D eigenvalue weighted by molar-refractivity contribution is 9.10. The third-order valence-corrected chi connectivity index (χ3v) is 5.38. The minimum Gasteiger partial charge on any atom is -0.235 e. The molecule has 1 aromatic heterocycles. The van der Waals surface area contributed by atoms with Gasteiger partial charge in [0.05, 0.1) is 15.4 Å². The van der Waals surface area contributed by atoms with E-state index in [1.165, 1.54) is 12.2 Å². The van der Waals surface area contributed by atoms with Crippen molar-refractivity contribution < 1.29 is 0 Å². The summed E-state index contributed by atoms with van der Waals surface area (Å²) in [5, 5.41) is 0.953. The van der Waals surface area contributed by atoms with Crippen LogP contribution in [0.5, 0.6) is 0 Å². The Hall–Kier alpha value is 0.200. The van der Waals surface area contributed by atoms with E-state index in [2.05, 4.69) is 41.7 Å². The Balaban J connectivity index is 2.45. The van der Waals surface area contributed by atoms with E-state index < -0.39 is 0 Å². The molecule has 1 saturated heterocycles. The second kappa shape index (κ2) is 5.06. The molecule has 0 aromatic carbocycles. The minimum absolute atomic E-state index is 0.0244. The number of thioether (sulfide) groups is 1. The second-order valence-corrected chi connectivity index (χ2v) is 7.75. The van der Waals surface area contributed by atoms with Gasteiger partial charge in [-0.3, -0.25) is 0 Å². The predicted molar refractivity (Wildman–Crippen MR) is 77.9 cm³/mol. The lowest BCUT2D eigenvalue weighted by Crippen LogP contribution is -2.17. The van der Waals surface area contributed by atoms with Gasteiger partial charge in [0.15, 0.2) is 0 Å². The lowest BCUT2D eigenvalue weighted by molar-refractivity contribution is 0.556. The molecule has 1 atom stereocenters. The SMILES string of the molecule is CC(C)(C)c1nc(C2CCCS2)nc(Cl)c1Br. The highest BCUT2D eigenvalue weighted by Crippen LogP contribution is 2.41. The van der Waals surface area contributed by atoms with Gasteiger partial charge in [-0.25, -0.2) is 9.97 Å². The third-order valence-electron chi connectivity index (χ3n) is 2.76. The van der Waals surface area contributed by atoms with Crippen LogP contribution in [0.2, 0.25) is 5.15 Å². The molecule has 0 aliphatic carbocycles. The van der Waals surface area contributed by atoms with Crippen molar-refractivity contribution in [3.63, 3.8) is 0 Å². The summed E-state index contributed by atoms with van der Waals surface area (Å²) in [5.41, 5.74) is 0.976. The average molecular weight is 336 g/mol. The van der Waals surface area contributed by atoms with Gasteiger partial charge in [-0.2, -0.15) is 11.8 Å². The average Bonchev–Trinajstić information content (AvgIpc) is 2.73. The molecule has 5 heteroatoms. The Morgan fingerprint density at radius 2 is 2.06 bits per heavy atom. The van der Waals surface area contributed by atoms with Crippen molar-refractivity contribution in [3.8, 4) is 0 Å². The summed E-state index contributed by atoms with van der Waals surface area (Å²) in [4.78, 5) is 9.14. The number of hydrogen-bond donors (Lipinski definition) is 0. The van der Waals surface area contributed by atoms with Crippen LogP contribution in [0.25, 0.3) is 0 Å². The van der Waals surface area contributed by atoms with Gasteiger partial charge < -0.3 is 0 Å². The molecule has 1 aliphatic rings. The monoisotopic (exact) mass is 334 g/mol. The molecule has 0 amide bonds. The fourth-order valence-corrected chi connectivity index (χ4v) is 4.01. The van der Waals surface area contributed by atoms with E-state index >= 15 is 0 Å². The lowest BCUT2D eigenvalue weighted by Gasteiger charge is -2.21. The zero-order valence-electron chi connectivity index (χ0n) is 10.3. The smallest absolute Gasteiger partial charge is 0.147 e. The van der Waals surface area contributed by atoms with Gasteiger partial charge in [0.25, 0.3) is 0 Å². The van der Waals surface area contributed by atoms with Crippen molar-refractivity contribution in [3.05, 3.63) is 21.1 Å². The first kappa shape index (κ1) is 13.6. The maximum absolute atomic E-state index is 6.20. The molecular weight excluding hydrogens is 320 g/mol. The number of hydrogen-bond acceptors (Lipinski definition) is 3. The van der Waals surface area contributed by atoms with E-state index in [1.54, 1.807) is 0 Å². The summed E-state index contributed by atoms with van der Waals surface area (Å²) >= 11 is 11.6. The molecule has 1 aliphatic heterocycles. The summed E-state index contributed by atoms with van der Waals surface area (Å²) in [6, 6.07) is 0. The van der Waals surface area contributed by atoms with Gasteiger partial charge in [-0.1, -0.05) is 32.4 Å². The van der Waals surface area contributed by atoms with Crippen molar-refractivity contribution in [2.75, 3.05) is 5.75 Å². The fraction of sp³-hybridized carbons (Fsp3) is 0.667. The summed E-state index contributed by atoms with van der Waals surface area (Å²) in [6.07, 6.45) is 2.41. The van der Waals surface area contributed by atoms with Crippen LogP contribution >= 0.6 is 39.3 Å². The van der Waals surface area contributed by atoms with Gasteiger partial charge >= 0.3 is 0 Å². The van der Waals surface area contributed by atoms with Crippen molar-refractivity contribution in [1.29, 1.82) is 0 Å². The first-order valence-electron chi connectivity index (χ1n) is 5.74. The summed E-state index contributed by atoms with van der Waals surface area (Å²) < 4.78 is 0.832. The molecule has 0 N–H and O–H groups in total. The molecule has 0 spiro atoms. The number of rotatable bonds is 1. The minimum atomic E-state index is -0.0244. The molecule has 17 heavy (non-hydrogen) atoms. The Bertz CT molecular complexity index is 425. The summed E-state index contributed by atoms with van der Waals surface area (Å²) in [7, 11) is 0. The topological polar surface area (TPSA) is 25.8 Å². The van der Waals surface area contributed by atoms with Gasteiger partial charge in [0, 0.05) is 5.41 Å². The van der Waals surface area contributed by atoms with Crippen LogP contribution in [-0.4, -0.2) is 15.7 Å². The van der Waals surface area contributed by atoms with Crippen molar-refractivity contribution in [1.82, 2.24) is 9.97 Å².